The number of rotatable bonds is 7. The number of benzene rings is 3. The van der Waals surface area contributed by atoms with Crippen LogP contribution in [-0.4, -0.2) is 23.9 Å². The second kappa shape index (κ2) is 8.65. The van der Waals surface area contributed by atoms with Gasteiger partial charge in [-0.25, -0.2) is 16.8 Å². The molecule has 32 heavy (non-hydrogen) atoms. The van der Waals surface area contributed by atoms with Crippen LogP contribution in [-0.2, 0) is 32.9 Å². The predicted octanol–water partition coefficient (Wildman–Crippen LogP) is 4.44. The van der Waals surface area contributed by atoms with Crippen LogP contribution in [0.3, 0.4) is 0 Å². The molecular formula is C22H21ClN2O5S2. The van der Waals surface area contributed by atoms with Crippen molar-refractivity contribution in [3.63, 3.8) is 0 Å². The molecule has 0 heterocycles. The molecule has 0 aromatic heterocycles. The minimum absolute atomic E-state index is 0.0483. The molecule has 0 fully saturated rings. The summed E-state index contributed by atoms with van der Waals surface area (Å²) in [6, 6.07) is 15.5. The Bertz CT molecular complexity index is 1390. The lowest BCUT2D eigenvalue weighted by Gasteiger charge is -2.14. The third kappa shape index (κ3) is 4.55. The quantitative estimate of drug-likeness (QED) is 0.507. The molecule has 1 aliphatic rings. The molecule has 0 saturated heterocycles. The number of aryl methyl sites for hydroxylation is 2. The Hall–Kier alpha value is -2.75. The molecule has 0 saturated carbocycles. The SMILES string of the molecule is COc1ccccc1NS(=O)(=O)c1cc(NS(=O)(=O)c2ccc3c(c2)CCC3)ccc1Cl. The van der Waals surface area contributed by atoms with E-state index in [0.29, 0.717) is 5.75 Å². The first-order valence-corrected chi connectivity index (χ1v) is 13.1. The van der Waals surface area contributed by atoms with Gasteiger partial charge in [0.15, 0.2) is 0 Å². The summed E-state index contributed by atoms with van der Waals surface area (Å²) in [5.41, 5.74) is 2.49. The van der Waals surface area contributed by atoms with Crippen LogP contribution in [0.4, 0.5) is 11.4 Å². The Morgan fingerprint density at radius 3 is 2.38 bits per heavy atom. The minimum atomic E-state index is -4.12. The highest BCUT2D eigenvalue weighted by molar-refractivity contribution is 7.93. The van der Waals surface area contributed by atoms with E-state index in [-0.39, 0.29) is 26.2 Å². The highest BCUT2D eigenvalue weighted by Gasteiger charge is 2.23. The van der Waals surface area contributed by atoms with Gasteiger partial charge >= 0.3 is 0 Å². The zero-order valence-electron chi connectivity index (χ0n) is 17.1. The number of para-hydroxylation sites is 2. The fraction of sp³-hybridized carbons (Fsp3) is 0.182. The van der Waals surface area contributed by atoms with Crippen LogP contribution in [0.25, 0.3) is 0 Å². The van der Waals surface area contributed by atoms with Gasteiger partial charge in [0.1, 0.15) is 10.6 Å². The molecule has 4 rings (SSSR count). The van der Waals surface area contributed by atoms with E-state index in [2.05, 4.69) is 9.44 Å². The number of halogens is 1. The highest BCUT2D eigenvalue weighted by Crippen LogP contribution is 2.31. The number of ether oxygens (including phenoxy) is 1. The van der Waals surface area contributed by atoms with E-state index >= 15 is 0 Å². The van der Waals surface area contributed by atoms with Crippen molar-refractivity contribution in [1.29, 1.82) is 0 Å². The zero-order valence-corrected chi connectivity index (χ0v) is 19.5. The Labute approximate surface area is 192 Å². The Morgan fingerprint density at radius 1 is 0.844 bits per heavy atom. The summed E-state index contributed by atoms with van der Waals surface area (Å²) in [6.07, 6.45) is 2.79. The van der Waals surface area contributed by atoms with Crippen molar-refractivity contribution in [3.8, 4) is 5.75 Å². The summed E-state index contributed by atoms with van der Waals surface area (Å²) in [7, 11) is -6.61. The molecular weight excluding hydrogens is 472 g/mol. The molecule has 168 valence electrons. The molecule has 7 nitrogen and oxygen atoms in total. The lowest BCUT2D eigenvalue weighted by Crippen LogP contribution is -2.16. The van der Waals surface area contributed by atoms with E-state index in [9.17, 15) is 16.8 Å². The van der Waals surface area contributed by atoms with Crippen molar-refractivity contribution >= 4 is 43.0 Å². The maximum absolute atomic E-state index is 13.0. The van der Waals surface area contributed by atoms with E-state index in [1.54, 1.807) is 36.4 Å². The Morgan fingerprint density at radius 2 is 1.59 bits per heavy atom. The third-order valence-corrected chi connectivity index (χ3v) is 8.43. The van der Waals surface area contributed by atoms with E-state index in [0.717, 1.165) is 30.4 Å². The van der Waals surface area contributed by atoms with Gasteiger partial charge in [-0.3, -0.25) is 9.44 Å². The van der Waals surface area contributed by atoms with Gasteiger partial charge in [-0.05, 0) is 72.9 Å². The average molecular weight is 493 g/mol. The normalized spacial score (nSPS) is 13.4. The molecule has 0 bridgehead atoms. The topological polar surface area (TPSA) is 102 Å². The summed E-state index contributed by atoms with van der Waals surface area (Å²) in [6.45, 7) is 0. The smallest absolute Gasteiger partial charge is 0.263 e. The number of sulfonamides is 2. The summed E-state index contributed by atoms with van der Waals surface area (Å²) in [4.78, 5) is -0.135. The van der Waals surface area contributed by atoms with Crippen molar-refractivity contribution in [2.45, 2.75) is 29.1 Å². The van der Waals surface area contributed by atoms with Gasteiger partial charge in [0, 0.05) is 0 Å². The summed E-state index contributed by atoms with van der Waals surface area (Å²) in [5.74, 6) is 0.334. The van der Waals surface area contributed by atoms with Crippen molar-refractivity contribution in [2.75, 3.05) is 16.6 Å². The Balaban J connectivity index is 1.64. The largest absolute Gasteiger partial charge is 0.495 e. The number of fused-ring (bicyclic) bond motifs is 1. The molecule has 0 amide bonds. The van der Waals surface area contributed by atoms with Crippen LogP contribution in [0.5, 0.6) is 5.75 Å². The van der Waals surface area contributed by atoms with E-state index < -0.39 is 20.0 Å². The molecule has 1 aliphatic carbocycles. The molecule has 3 aromatic rings. The third-order valence-electron chi connectivity index (χ3n) is 5.20. The molecule has 0 atom stereocenters. The first-order valence-electron chi connectivity index (χ1n) is 9.80. The minimum Gasteiger partial charge on any atom is -0.495 e. The highest BCUT2D eigenvalue weighted by atomic mass is 35.5. The van der Waals surface area contributed by atoms with Crippen LogP contribution < -0.4 is 14.2 Å². The van der Waals surface area contributed by atoms with Crippen LogP contribution in [0.1, 0.15) is 17.5 Å². The van der Waals surface area contributed by atoms with Gasteiger partial charge in [0.2, 0.25) is 0 Å². The molecule has 3 aromatic carbocycles. The summed E-state index contributed by atoms with van der Waals surface area (Å²) >= 11 is 6.15. The van der Waals surface area contributed by atoms with Gasteiger partial charge in [0.25, 0.3) is 20.0 Å². The second-order valence-corrected chi connectivity index (χ2v) is 11.1. The van der Waals surface area contributed by atoms with Crippen molar-refractivity contribution in [3.05, 3.63) is 76.8 Å². The molecule has 0 unspecified atom stereocenters. The molecule has 10 heteroatoms. The fourth-order valence-corrected chi connectivity index (χ4v) is 6.33. The van der Waals surface area contributed by atoms with E-state index in [1.807, 2.05) is 6.07 Å². The van der Waals surface area contributed by atoms with Crippen molar-refractivity contribution in [1.82, 2.24) is 0 Å². The van der Waals surface area contributed by atoms with E-state index in [4.69, 9.17) is 16.3 Å². The molecule has 2 N–H and O–H groups in total. The standard InChI is InChI=1S/C22H21ClN2O5S2/c1-30-21-8-3-2-7-20(21)25-32(28,29)22-14-17(10-12-19(22)23)24-31(26,27)18-11-9-15-5-4-6-16(15)13-18/h2-3,7-14,24-25H,4-6H2,1H3. The Kier molecular flexibility index (Phi) is 6.07. The number of methoxy groups -OCH3 is 1. The maximum Gasteiger partial charge on any atom is 0.263 e. The van der Waals surface area contributed by atoms with Crippen LogP contribution in [0.2, 0.25) is 5.02 Å². The molecule has 0 radical (unpaired) electrons. The first kappa shape index (κ1) is 22.4. The van der Waals surface area contributed by atoms with Crippen LogP contribution in [0.15, 0.2) is 70.5 Å². The van der Waals surface area contributed by atoms with Crippen LogP contribution >= 0.6 is 11.6 Å². The molecule has 0 aliphatic heterocycles. The summed E-state index contributed by atoms with van der Waals surface area (Å²) in [5, 5.41) is -0.0483. The lowest BCUT2D eigenvalue weighted by atomic mass is 10.1. The number of hydrogen-bond donors (Lipinski definition) is 2. The van der Waals surface area contributed by atoms with Gasteiger partial charge in [0.05, 0.1) is 28.4 Å². The monoisotopic (exact) mass is 492 g/mol. The van der Waals surface area contributed by atoms with Gasteiger partial charge in [-0.15, -0.1) is 0 Å². The molecule has 0 spiro atoms. The number of nitrogens with one attached hydrogen (secondary N) is 2. The first-order chi connectivity index (χ1) is 15.2. The fourth-order valence-electron chi connectivity index (χ4n) is 3.63. The van der Waals surface area contributed by atoms with E-state index in [1.165, 1.54) is 25.3 Å². The van der Waals surface area contributed by atoms with Gasteiger partial charge < -0.3 is 4.74 Å². The maximum atomic E-state index is 13.0. The van der Waals surface area contributed by atoms with Crippen molar-refractivity contribution < 1.29 is 21.6 Å². The van der Waals surface area contributed by atoms with Gasteiger partial charge in [-0.1, -0.05) is 29.8 Å². The zero-order chi connectivity index (χ0) is 22.9. The number of hydrogen-bond acceptors (Lipinski definition) is 5. The number of anilines is 2. The average Bonchev–Trinajstić information content (AvgIpc) is 3.23. The predicted molar refractivity (Wildman–Crippen MR) is 125 cm³/mol. The second-order valence-electron chi connectivity index (χ2n) is 7.34. The van der Waals surface area contributed by atoms with Crippen molar-refractivity contribution in [2.24, 2.45) is 0 Å². The van der Waals surface area contributed by atoms with Gasteiger partial charge in [-0.2, -0.15) is 0 Å². The summed E-state index contributed by atoms with van der Waals surface area (Å²) < 4.78 is 61.8. The lowest BCUT2D eigenvalue weighted by molar-refractivity contribution is 0.417. The van der Waals surface area contributed by atoms with Crippen LogP contribution in [0, 0.1) is 0 Å².